The zero-order valence-electron chi connectivity index (χ0n) is 9.83. The first-order valence-corrected chi connectivity index (χ1v) is 5.98. The molecule has 0 spiro atoms. The van der Waals surface area contributed by atoms with E-state index >= 15 is 0 Å². The summed E-state index contributed by atoms with van der Waals surface area (Å²) in [7, 11) is 0. The van der Waals surface area contributed by atoms with Crippen molar-refractivity contribution in [1.82, 2.24) is 0 Å². The van der Waals surface area contributed by atoms with E-state index in [1.54, 1.807) is 0 Å². The summed E-state index contributed by atoms with van der Waals surface area (Å²) in [6.07, 6.45) is 4.56. The first-order valence-electron chi connectivity index (χ1n) is 5.98. The van der Waals surface area contributed by atoms with Crippen molar-refractivity contribution in [1.29, 1.82) is 0 Å². The monoisotopic (exact) mass is 213 g/mol. The summed E-state index contributed by atoms with van der Waals surface area (Å²) in [5.74, 6) is 0.655. The normalized spacial score (nSPS) is 29.3. The van der Waals surface area contributed by atoms with Crippen molar-refractivity contribution in [2.45, 2.75) is 46.0 Å². The molecule has 0 aromatic rings. The minimum absolute atomic E-state index is 0.118. The Kier molecular flexibility index (Phi) is 4.14. The Morgan fingerprint density at radius 1 is 1.33 bits per heavy atom. The molecule has 0 aromatic carbocycles. The lowest BCUT2D eigenvalue weighted by molar-refractivity contribution is -0.139. The van der Waals surface area contributed by atoms with Gasteiger partial charge in [-0.2, -0.15) is 0 Å². The lowest BCUT2D eigenvalue weighted by Crippen LogP contribution is -2.30. The number of carbonyl (C=O) groups is 1. The first-order chi connectivity index (χ1) is 7.06. The van der Waals surface area contributed by atoms with Crippen LogP contribution in [0.2, 0.25) is 0 Å². The van der Waals surface area contributed by atoms with E-state index in [1.807, 2.05) is 0 Å². The maximum absolute atomic E-state index is 10.9. The Morgan fingerprint density at radius 3 is 2.07 bits per heavy atom. The molecule has 0 heterocycles. The Bertz CT molecular complexity index is 216. The molecule has 1 saturated carbocycles. The predicted molar refractivity (Wildman–Crippen MR) is 60.5 cm³/mol. The average Bonchev–Trinajstić information content (AvgIpc) is 2.56. The summed E-state index contributed by atoms with van der Waals surface area (Å²) in [4.78, 5) is 10.9. The SMILES string of the molecule is CC[C@H]1CC(CN)(CC(=O)O)C[C@@H]1CC. The van der Waals surface area contributed by atoms with E-state index in [2.05, 4.69) is 13.8 Å². The van der Waals surface area contributed by atoms with Crippen molar-refractivity contribution >= 4 is 5.97 Å². The van der Waals surface area contributed by atoms with Crippen molar-refractivity contribution < 1.29 is 9.90 Å². The fourth-order valence-electron chi connectivity index (χ4n) is 3.19. The first kappa shape index (κ1) is 12.5. The van der Waals surface area contributed by atoms with Gasteiger partial charge >= 0.3 is 5.97 Å². The predicted octanol–water partition coefficient (Wildman–Crippen LogP) is 2.25. The second kappa shape index (κ2) is 4.97. The maximum atomic E-state index is 10.9. The second-order valence-corrected chi connectivity index (χ2v) is 5.02. The lowest BCUT2D eigenvalue weighted by Gasteiger charge is -2.25. The molecule has 0 aliphatic heterocycles. The Morgan fingerprint density at radius 2 is 1.80 bits per heavy atom. The summed E-state index contributed by atoms with van der Waals surface area (Å²) >= 11 is 0. The second-order valence-electron chi connectivity index (χ2n) is 5.02. The summed E-state index contributed by atoms with van der Waals surface area (Å²) in [5, 5.41) is 8.93. The molecule has 0 saturated heterocycles. The molecule has 0 aromatic heterocycles. The number of hydrogen-bond donors (Lipinski definition) is 2. The number of carboxylic acids is 1. The van der Waals surface area contributed by atoms with E-state index in [-0.39, 0.29) is 11.8 Å². The minimum Gasteiger partial charge on any atom is -0.481 e. The molecule has 3 N–H and O–H groups in total. The maximum Gasteiger partial charge on any atom is 0.303 e. The zero-order chi connectivity index (χ0) is 11.5. The molecule has 0 radical (unpaired) electrons. The molecule has 1 aliphatic rings. The van der Waals surface area contributed by atoms with Crippen LogP contribution in [0.4, 0.5) is 0 Å². The van der Waals surface area contributed by atoms with Crippen molar-refractivity contribution in [3.63, 3.8) is 0 Å². The minimum atomic E-state index is -0.702. The highest BCUT2D eigenvalue weighted by atomic mass is 16.4. The van der Waals surface area contributed by atoms with Crippen molar-refractivity contribution in [2.75, 3.05) is 6.54 Å². The van der Waals surface area contributed by atoms with Gasteiger partial charge in [-0.25, -0.2) is 0 Å². The van der Waals surface area contributed by atoms with Gasteiger partial charge in [0, 0.05) is 0 Å². The zero-order valence-corrected chi connectivity index (χ0v) is 9.83. The highest BCUT2D eigenvalue weighted by molar-refractivity contribution is 5.67. The summed E-state index contributed by atoms with van der Waals surface area (Å²) in [6.45, 7) is 4.91. The molecule has 1 aliphatic carbocycles. The molecule has 0 bridgehead atoms. The fourth-order valence-corrected chi connectivity index (χ4v) is 3.19. The van der Waals surface area contributed by atoms with Crippen molar-refractivity contribution in [3.8, 4) is 0 Å². The molecule has 0 amide bonds. The Hall–Kier alpha value is -0.570. The number of nitrogens with two attached hydrogens (primary N) is 1. The molecule has 88 valence electrons. The molecular formula is C12H23NO2. The number of aliphatic carboxylic acids is 1. The largest absolute Gasteiger partial charge is 0.481 e. The highest BCUT2D eigenvalue weighted by Crippen LogP contribution is 2.49. The van der Waals surface area contributed by atoms with Crippen molar-refractivity contribution in [2.24, 2.45) is 23.0 Å². The molecule has 1 fully saturated rings. The number of rotatable bonds is 5. The van der Waals surface area contributed by atoms with Gasteiger partial charge in [0.15, 0.2) is 0 Å². The number of carboxylic acid groups (broad SMARTS) is 1. The third-order valence-corrected chi connectivity index (χ3v) is 4.07. The van der Waals surface area contributed by atoms with Crippen LogP contribution in [0.25, 0.3) is 0 Å². The average molecular weight is 213 g/mol. The standard InChI is InChI=1S/C12H23NO2/c1-3-9-5-12(8-13,7-11(14)15)6-10(9)4-2/h9-10H,3-8,13H2,1-2H3,(H,14,15)/t9-,10-/m0/s1. The van der Waals surface area contributed by atoms with Crippen molar-refractivity contribution in [3.05, 3.63) is 0 Å². The molecule has 0 unspecified atom stereocenters. The Balaban J connectivity index is 2.72. The summed E-state index contributed by atoms with van der Waals surface area (Å²) in [5.41, 5.74) is 5.67. The molecule has 1 rings (SSSR count). The molecule has 2 atom stereocenters. The van der Waals surface area contributed by atoms with Gasteiger partial charge in [-0.05, 0) is 36.6 Å². The topological polar surface area (TPSA) is 63.3 Å². The van der Waals surface area contributed by atoms with Crippen LogP contribution in [0.3, 0.4) is 0 Å². The van der Waals surface area contributed by atoms with Crippen LogP contribution in [0.5, 0.6) is 0 Å². The van der Waals surface area contributed by atoms with Gasteiger partial charge < -0.3 is 10.8 Å². The molecule has 3 nitrogen and oxygen atoms in total. The van der Waals surface area contributed by atoms with Crippen LogP contribution in [0, 0.1) is 17.3 Å². The van der Waals surface area contributed by atoms with E-state index in [9.17, 15) is 4.79 Å². The van der Waals surface area contributed by atoms with E-state index in [1.165, 1.54) is 0 Å². The third kappa shape index (κ3) is 2.71. The van der Waals surface area contributed by atoms with E-state index in [4.69, 9.17) is 10.8 Å². The van der Waals surface area contributed by atoms with Gasteiger partial charge in [0.05, 0.1) is 6.42 Å². The fraction of sp³-hybridized carbons (Fsp3) is 0.917. The van der Waals surface area contributed by atoms with E-state index in [0.29, 0.717) is 18.4 Å². The van der Waals surface area contributed by atoms with Crippen LogP contribution in [0.1, 0.15) is 46.0 Å². The molecule has 3 heteroatoms. The van der Waals surface area contributed by atoms with Crippen LogP contribution < -0.4 is 5.73 Å². The highest BCUT2D eigenvalue weighted by Gasteiger charge is 2.43. The van der Waals surface area contributed by atoms with Crippen LogP contribution in [-0.2, 0) is 4.79 Å². The van der Waals surface area contributed by atoms with Crippen LogP contribution in [0.15, 0.2) is 0 Å². The third-order valence-electron chi connectivity index (χ3n) is 4.07. The summed E-state index contributed by atoms with van der Waals surface area (Å²) < 4.78 is 0. The lowest BCUT2D eigenvalue weighted by atomic mass is 9.81. The van der Waals surface area contributed by atoms with Gasteiger partial charge in [0.1, 0.15) is 0 Å². The molecule has 15 heavy (non-hydrogen) atoms. The van der Waals surface area contributed by atoms with Gasteiger partial charge in [-0.1, -0.05) is 26.7 Å². The van der Waals surface area contributed by atoms with E-state index in [0.717, 1.165) is 25.7 Å². The summed E-state index contributed by atoms with van der Waals surface area (Å²) in [6, 6.07) is 0. The van der Waals surface area contributed by atoms with Crippen LogP contribution in [-0.4, -0.2) is 17.6 Å². The molecular weight excluding hydrogens is 190 g/mol. The van der Waals surface area contributed by atoms with Gasteiger partial charge in [-0.15, -0.1) is 0 Å². The van der Waals surface area contributed by atoms with E-state index < -0.39 is 5.97 Å². The van der Waals surface area contributed by atoms with Gasteiger partial charge in [-0.3, -0.25) is 4.79 Å². The van der Waals surface area contributed by atoms with Crippen LogP contribution >= 0.6 is 0 Å². The quantitative estimate of drug-likeness (QED) is 0.736. The number of hydrogen-bond acceptors (Lipinski definition) is 2. The van der Waals surface area contributed by atoms with Gasteiger partial charge in [0.25, 0.3) is 0 Å². The van der Waals surface area contributed by atoms with Gasteiger partial charge in [0.2, 0.25) is 0 Å². The Labute approximate surface area is 92.0 Å². The smallest absolute Gasteiger partial charge is 0.303 e.